The number of fused-ring (bicyclic) bond motifs is 1. The fraction of sp³-hybridized carbons (Fsp3) is 0.455. The van der Waals surface area contributed by atoms with Crippen LogP contribution in [0.3, 0.4) is 0 Å². The van der Waals surface area contributed by atoms with E-state index >= 15 is 0 Å². The summed E-state index contributed by atoms with van der Waals surface area (Å²) >= 11 is 3.94. The zero-order valence-electron chi connectivity index (χ0n) is 9.29. The molecule has 2 N–H and O–H groups in total. The molecule has 0 radical (unpaired) electrons. The fourth-order valence-corrected chi connectivity index (χ4v) is 1.84. The molecule has 6 heteroatoms. The predicted octanol–water partition coefficient (Wildman–Crippen LogP) is 0.748. The van der Waals surface area contributed by atoms with E-state index in [0.29, 0.717) is 22.8 Å². The maximum atomic E-state index is 9.89. The highest BCUT2D eigenvalue weighted by molar-refractivity contribution is 7.80. The number of ether oxygens (including phenoxy) is 3. The van der Waals surface area contributed by atoms with E-state index < -0.39 is 12.2 Å². The summed E-state index contributed by atoms with van der Waals surface area (Å²) in [5.74, 6) is 1.66. The second-order valence-corrected chi connectivity index (χ2v) is 4.02. The van der Waals surface area contributed by atoms with Gasteiger partial charge in [-0.05, 0) is 17.7 Å². The molecule has 2 rings (SSSR count). The van der Waals surface area contributed by atoms with Gasteiger partial charge in [-0.25, -0.2) is 0 Å². The molecule has 1 aromatic rings. The van der Waals surface area contributed by atoms with Crippen LogP contribution in [0.15, 0.2) is 12.1 Å². The minimum atomic E-state index is -1.03. The van der Waals surface area contributed by atoms with Crippen LogP contribution in [0.25, 0.3) is 0 Å². The van der Waals surface area contributed by atoms with Crippen molar-refractivity contribution in [3.63, 3.8) is 0 Å². The molecular weight excluding hydrogens is 244 g/mol. The van der Waals surface area contributed by atoms with E-state index in [4.69, 9.17) is 14.2 Å². The van der Waals surface area contributed by atoms with Crippen LogP contribution in [0.1, 0.15) is 11.7 Å². The van der Waals surface area contributed by atoms with Crippen molar-refractivity contribution in [1.29, 1.82) is 0 Å². The lowest BCUT2D eigenvalue weighted by atomic mass is 10.0. The van der Waals surface area contributed by atoms with Gasteiger partial charge in [0.1, 0.15) is 6.10 Å². The van der Waals surface area contributed by atoms with Gasteiger partial charge in [-0.3, -0.25) is 0 Å². The molecule has 0 amide bonds. The predicted molar refractivity (Wildman–Crippen MR) is 63.9 cm³/mol. The monoisotopic (exact) mass is 258 g/mol. The van der Waals surface area contributed by atoms with Crippen molar-refractivity contribution in [3.05, 3.63) is 17.7 Å². The van der Waals surface area contributed by atoms with Crippen molar-refractivity contribution in [3.8, 4) is 17.2 Å². The third-order valence-corrected chi connectivity index (χ3v) is 2.95. The molecule has 1 aliphatic heterocycles. The standard InChI is InChI=1S/C11H14O5S/c1-14-8-2-6(10(13)7(12)4-17)3-9-11(8)16-5-15-9/h2-3,7,10,12-13,17H,4-5H2,1H3. The van der Waals surface area contributed by atoms with Gasteiger partial charge < -0.3 is 24.4 Å². The molecule has 2 unspecified atom stereocenters. The van der Waals surface area contributed by atoms with Gasteiger partial charge in [-0.2, -0.15) is 12.6 Å². The summed E-state index contributed by atoms with van der Waals surface area (Å²) in [6.45, 7) is 0.125. The Morgan fingerprint density at radius 3 is 2.82 bits per heavy atom. The Balaban J connectivity index is 2.36. The highest BCUT2D eigenvalue weighted by Gasteiger charge is 2.24. The van der Waals surface area contributed by atoms with Gasteiger partial charge in [0.25, 0.3) is 0 Å². The van der Waals surface area contributed by atoms with Crippen molar-refractivity contribution in [2.24, 2.45) is 0 Å². The van der Waals surface area contributed by atoms with E-state index in [-0.39, 0.29) is 12.5 Å². The number of rotatable bonds is 4. The quantitative estimate of drug-likeness (QED) is 0.695. The van der Waals surface area contributed by atoms with Gasteiger partial charge in [-0.15, -0.1) is 0 Å². The summed E-state index contributed by atoms with van der Waals surface area (Å²) in [6, 6.07) is 3.24. The highest BCUT2D eigenvalue weighted by Crippen LogP contribution is 2.43. The smallest absolute Gasteiger partial charge is 0.231 e. The molecule has 5 nitrogen and oxygen atoms in total. The number of benzene rings is 1. The minimum Gasteiger partial charge on any atom is -0.493 e. The first kappa shape index (κ1) is 12.3. The molecule has 0 fully saturated rings. The van der Waals surface area contributed by atoms with Gasteiger partial charge in [-0.1, -0.05) is 0 Å². The zero-order valence-corrected chi connectivity index (χ0v) is 10.2. The van der Waals surface area contributed by atoms with E-state index in [0.717, 1.165) is 0 Å². The van der Waals surface area contributed by atoms with E-state index in [1.165, 1.54) is 7.11 Å². The van der Waals surface area contributed by atoms with Gasteiger partial charge in [0.05, 0.1) is 13.2 Å². The Hall–Kier alpha value is -1.11. The van der Waals surface area contributed by atoms with Crippen LogP contribution >= 0.6 is 12.6 Å². The van der Waals surface area contributed by atoms with E-state index in [1.54, 1.807) is 12.1 Å². The van der Waals surface area contributed by atoms with Crippen LogP contribution in [-0.2, 0) is 0 Å². The van der Waals surface area contributed by atoms with Gasteiger partial charge in [0.15, 0.2) is 11.5 Å². The first-order chi connectivity index (χ1) is 8.17. The number of methoxy groups -OCH3 is 1. The Kier molecular flexibility index (Phi) is 3.66. The summed E-state index contributed by atoms with van der Waals surface area (Å²) in [7, 11) is 1.50. The molecule has 17 heavy (non-hydrogen) atoms. The molecule has 1 aliphatic rings. The first-order valence-electron chi connectivity index (χ1n) is 5.12. The Morgan fingerprint density at radius 1 is 1.41 bits per heavy atom. The lowest BCUT2D eigenvalue weighted by Crippen LogP contribution is -2.19. The topological polar surface area (TPSA) is 68.2 Å². The fourth-order valence-electron chi connectivity index (χ4n) is 1.64. The van der Waals surface area contributed by atoms with Crippen LogP contribution in [0.5, 0.6) is 17.2 Å². The summed E-state index contributed by atoms with van der Waals surface area (Å²) in [5, 5.41) is 19.4. The zero-order chi connectivity index (χ0) is 12.4. The third-order valence-electron chi connectivity index (χ3n) is 2.57. The maximum Gasteiger partial charge on any atom is 0.231 e. The van der Waals surface area contributed by atoms with Crippen molar-refractivity contribution in [2.45, 2.75) is 12.2 Å². The summed E-state index contributed by atoms with van der Waals surface area (Å²) in [6.07, 6.45) is -1.97. The Morgan fingerprint density at radius 2 is 2.18 bits per heavy atom. The molecule has 94 valence electrons. The summed E-state index contributed by atoms with van der Waals surface area (Å²) < 4.78 is 15.6. The molecule has 0 saturated carbocycles. The molecular formula is C11H14O5S. The summed E-state index contributed by atoms with van der Waals surface area (Å²) in [4.78, 5) is 0. The third kappa shape index (κ3) is 2.29. The van der Waals surface area contributed by atoms with Crippen LogP contribution in [0, 0.1) is 0 Å². The van der Waals surface area contributed by atoms with Gasteiger partial charge >= 0.3 is 0 Å². The summed E-state index contributed by atoms with van der Waals surface area (Å²) in [5.41, 5.74) is 0.507. The molecule has 0 aliphatic carbocycles. The number of hydrogen-bond acceptors (Lipinski definition) is 6. The number of thiol groups is 1. The second-order valence-electron chi connectivity index (χ2n) is 3.65. The Bertz CT molecular complexity index is 409. The van der Waals surface area contributed by atoms with E-state index in [2.05, 4.69) is 12.6 Å². The van der Waals surface area contributed by atoms with Crippen LogP contribution < -0.4 is 14.2 Å². The van der Waals surface area contributed by atoms with Crippen LogP contribution in [-0.4, -0.2) is 36.0 Å². The van der Waals surface area contributed by atoms with Crippen molar-refractivity contribution < 1.29 is 24.4 Å². The van der Waals surface area contributed by atoms with Crippen molar-refractivity contribution >= 4 is 12.6 Å². The molecule has 1 heterocycles. The molecule has 0 spiro atoms. The molecule has 0 aromatic heterocycles. The number of hydrogen-bond donors (Lipinski definition) is 3. The SMILES string of the molecule is COc1cc(C(O)C(O)CS)cc2c1OCO2. The van der Waals surface area contributed by atoms with Crippen LogP contribution in [0.2, 0.25) is 0 Å². The number of aliphatic hydroxyl groups excluding tert-OH is 2. The average Bonchev–Trinajstić information content (AvgIpc) is 2.83. The van der Waals surface area contributed by atoms with Crippen molar-refractivity contribution in [1.82, 2.24) is 0 Å². The van der Waals surface area contributed by atoms with Gasteiger partial charge in [0.2, 0.25) is 12.5 Å². The van der Waals surface area contributed by atoms with Crippen molar-refractivity contribution in [2.75, 3.05) is 19.7 Å². The van der Waals surface area contributed by atoms with Crippen LogP contribution in [0.4, 0.5) is 0 Å². The Labute approximate surface area is 104 Å². The highest BCUT2D eigenvalue weighted by atomic mass is 32.1. The number of aliphatic hydroxyl groups is 2. The first-order valence-corrected chi connectivity index (χ1v) is 5.75. The molecule has 1 aromatic carbocycles. The lowest BCUT2D eigenvalue weighted by Gasteiger charge is -2.17. The molecule has 0 bridgehead atoms. The lowest BCUT2D eigenvalue weighted by molar-refractivity contribution is 0.0335. The van der Waals surface area contributed by atoms with E-state index in [9.17, 15) is 10.2 Å². The molecule has 2 atom stereocenters. The van der Waals surface area contributed by atoms with E-state index in [1.807, 2.05) is 0 Å². The minimum absolute atomic E-state index is 0.125. The molecule has 0 saturated heterocycles. The maximum absolute atomic E-state index is 9.89. The normalized spacial score (nSPS) is 16.7. The largest absolute Gasteiger partial charge is 0.493 e. The van der Waals surface area contributed by atoms with Gasteiger partial charge in [0, 0.05) is 5.75 Å². The average molecular weight is 258 g/mol. The second kappa shape index (κ2) is 5.03.